The van der Waals surface area contributed by atoms with Crippen molar-refractivity contribution in [1.82, 2.24) is 4.98 Å². The van der Waals surface area contributed by atoms with Gasteiger partial charge in [0.25, 0.3) is 0 Å². The molecule has 1 aromatic rings. The predicted molar refractivity (Wildman–Crippen MR) is 68.3 cm³/mol. The third kappa shape index (κ3) is 5.44. The molecule has 1 aromatic heterocycles. The fourth-order valence-corrected chi connectivity index (χ4v) is 3.14. The third-order valence-corrected chi connectivity index (χ3v) is 5.17. The lowest BCUT2D eigenvalue weighted by Crippen LogP contribution is -2.15. The molecule has 0 fully saturated rings. The Morgan fingerprint density at radius 2 is 2.20 bits per heavy atom. The van der Waals surface area contributed by atoms with E-state index >= 15 is 0 Å². The van der Waals surface area contributed by atoms with Crippen LogP contribution in [0.4, 0.5) is 0 Å². The first-order valence-electron chi connectivity index (χ1n) is 4.90. The Labute approximate surface area is 99.6 Å². The van der Waals surface area contributed by atoms with E-state index in [1.165, 1.54) is 0 Å². The van der Waals surface area contributed by atoms with E-state index < -0.39 is 0 Å². The first-order valence-corrected chi connectivity index (χ1v) is 7.05. The molecule has 0 saturated carbocycles. The summed E-state index contributed by atoms with van der Waals surface area (Å²) in [6.45, 7) is 5.27. The van der Waals surface area contributed by atoms with Gasteiger partial charge in [-0.3, -0.25) is 0 Å². The van der Waals surface area contributed by atoms with Crippen LogP contribution in [-0.2, 0) is 4.74 Å². The summed E-state index contributed by atoms with van der Waals surface area (Å²) in [6.07, 6.45) is 2.87. The van der Waals surface area contributed by atoms with Crippen LogP contribution in [0, 0.1) is 0 Å². The van der Waals surface area contributed by atoms with Crippen molar-refractivity contribution in [2.45, 2.75) is 30.0 Å². The van der Waals surface area contributed by atoms with Crippen LogP contribution in [0.3, 0.4) is 0 Å². The molecule has 0 atom stereocenters. The van der Waals surface area contributed by atoms with Crippen molar-refractivity contribution < 1.29 is 4.74 Å². The Morgan fingerprint density at radius 3 is 2.80 bits per heavy atom. The van der Waals surface area contributed by atoms with Crippen molar-refractivity contribution in [3.8, 4) is 0 Å². The van der Waals surface area contributed by atoms with E-state index in [-0.39, 0.29) is 4.75 Å². The molecule has 0 saturated heterocycles. The second-order valence-corrected chi connectivity index (χ2v) is 6.69. The molecule has 0 unspecified atom stereocenters. The maximum absolute atomic E-state index is 5.09. The van der Waals surface area contributed by atoms with Crippen LogP contribution in [0.5, 0.6) is 0 Å². The van der Waals surface area contributed by atoms with Crippen LogP contribution in [0.1, 0.15) is 20.3 Å². The summed E-state index contributed by atoms with van der Waals surface area (Å²) >= 11 is 0. The van der Waals surface area contributed by atoms with Gasteiger partial charge in [-0.1, -0.05) is 16.9 Å². The number of hydrogen-bond acceptors (Lipinski definition) is 4. The minimum atomic E-state index is 0.220. The second-order valence-electron chi connectivity index (χ2n) is 3.84. The van der Waals surface area contributed by atoms with Crippen LogP contribution < -0.4 is 0 Å². The van der Waals surface area contributed by atoms with Crippen LogP contribution >= 0.6 is 21.6 Å². The molecule has 0 aliphatic heterocycles. The molecule has 0 N–H and O–H groups in total. The Bertz CT molecular complexity index is 277. The molecule has 0 amide bonds. The highest BCUT2D eigenvalue weighted by Crippen LogP contribution is 2.41. The third-order valence-electron chi connectivity index (χ3n) is 1.90. The summed E-state index contributed by atoms with van der Waals surface area (Å²) in [5.74, 6) is 0. The van der Waals surface area contributed by atoms with E-state index in [4.69, 9.17) is 4.74 Å². The van der Waals surface area contributed by atoms with Gasteiger partial charge in [-0.2, -0.15) is 0 Å². The highest BCUT2D eigenvalue weighted by Gasteiger charge is 2.19. The molecule has 0 bridgehead atoms. The lowest BCUT2D eigenvalue weighted by molar-refractivity contribution is 0.187. The van der Waals surface area contributed by atoms with Gasteiger partial charge in [-0.05, 0) is 43.2 Å². The minimum absolute atomic E-state index is 0.220. The smallest absolute Gasteiger partial charge is 0.106 e. The Balaban J connectivity index is 2.35. The first kappa shape index (κ1) is 12.9. The van der Waals surface area contributed by atoms with Crippen LogP contribution in [0.2, 0.25) is 0 Å². The van der Waals surface area contributed by atoms with Crippen LogP contribution in [0.15, 0.2) is 29.4 Å². The fourth-order valence-electron chi connectivity index (χ4n) is 0.941. The number of pyridine rings is 1. The SMILES string of the molecule is COCCC(C)(C)SSc1ccccn1. The maximum atomic E-state index is 5.09. The van der Waals surface area contributed by atoms with E-state index in [2.05, 4.69) is 18.8 Å². The van der Waals surface area contributed by atoms with Gasteiger partial charge < -0.3 is 4.74 Å². The molecule has 2 nitrogen and oxygen atoms in total. The molecular formula is C11H17NOS2. The van der Waals surface area contributed by atoms with Gasteiger partial charge in [0.2, 0.25) is 0 Å². The first-order chi connectivity index (χ1) is 7.14. The fraction of sp³-hybridized carbons (Fsp3) is 0.545. The van der Waals surface area contributed by atoms with Crippen molar-refractivity contribution in [2.75, 3.05) is 13.7 Å². The molecule has 84 valence electrons. The summed E-state index contributed by atoms with van der Waals surface area (Å²) in [5, 5.41) is 1.06. The molecule has 15 heavy (non-hydrogen) atoms. The molecular weight excluding hydrogens is 226 g/mol. The number of ether oxygens (including phenoxy) is 1. The van der Waals surface area contributed by atoms with E-state index in [0.717, 1.165) is 18.1 Å². The zero-order valence-electron chi connectivity index (χ0n) is 9.40. The molecule has 1 heterocycles. The number of hydrogen-bond donors (Lipinski definition) is 0. The van der Waals surface area contributed by atoms with Crippen molar-refractivity contribution in [1.29, 1.82) is 0 Å². The van der Waals surface area contributed by atoms with Crippen molar-refractivity contribution in [3.63, 3.8) is 0 Å². The Kier molecular flexibility index (Phi) is 5.50. The summed E-state index contributed by atoms with van der Waals surface area (Å²) in [7, 11) is 5.32. The Hall–Kier alpha value is -0.190. The average molecular weight is 243 g/mol. The zero-order valence-corrected chi connectivity index (χ0v) is 11.0. The highest BCUT2D eigenvalue weighted by molar-refractivity contribution is 8.77. The van der Waals surface area contributed by atoms with Crippen molar-refractivity contribution >= 4 is 21.6 Å². The monoisotopic (exact) mass is 243 g/mol. The number of methoxy groups -OCH3 is 1. The summed E-state index contributed by atoms with van der Waals surface area (Å²) in [6, 6.07) is 5.98. The van der Waals surface area contributed by atoms with Gasteiger partial charge in [0, 0.05) is 24.7 Å². The van der Waals surface area contributed by atoms with Gasteiger partial charge >= 0.3 is 0 Å². The second kappa shape index (κ2) is 6.40. The zero-order chi connectivity index (χ0) is 11.1. The van der Waals surface area contributed by atoms with Gasteiger partial charge in [0.05, 0.1) is 0 Å². The van der Waals surface area contributed by atoms with Crippen LogP contribution in [-0.4, -0.2) is 23.4 Å². The summed E-state index contributed by atoms with van der Waals surface area (Å²) < 4.78 is 5.31. The normalized spacial score (nSPS) is 11.7. The van der Waals surface area contributed by atoms with Gasteiger partial charge in [0.1, 0.15) is 5.03 Å². The van der Waals surface area contributed by atoms with E-state index in [0.29, 0.717) is 0 Å². The average Bonchev–Trinajstić information content (AvgIpc) is 2.25. The lowest BCUT2D eigenvalue weighted by Gasteiger charge is -2.22. The van der Waals surface area contributed by atoms with E-state index in [1.807, 2.05) is 35.2 Å². The minimum Gasteiger partial charge on any atom is -0.385 e. The number of aromatic nitrogens is 1. The largest absolute Gasteiger partial charge is 0.385 e. The van der Waals surface area contributed by atoms with E-state index in [9.17, 15) is 0 Å². The summed E-state index contributed by atoms with van der Waals surface area (Å²) in [4.78, 5) is 4.27. The Morgan fingerprint density at radius 1 is 1.40 bits per heavy atom. The maximum Gasteiger partial charge on any atom is 0.106 e. The molecule has 0 spiro atoms. The van der Waals surface area contributed by atoms with Crippen LogP contribution in [0.25, 0.3) is 0 Å². The van der Waals surface area contributed by atoms with E-state index in [1.54, 1.807) is 17.9 Å². The molecule has 4 heteroatoms. The van der Waals surface area contributed by atoms with Crippen molar-refractivity contribution in [3.05, 3.63) is 24.4 Å². The van der Waals surface area contributed by atoms with Gasteiger partial charge in [-0.25, -0.2) is 4.98 Å². The molecule has 0 radical (unpaired) electrons. The lowest BCUT2D eigenvalue weighted by atomic mass is 10.1. The molecule has 1 rings (SSSR count). The summed E-state index contributed by atoms with van der Waals surface area (Å²) in [5.41, 5.74) is 0. The van der Waals surface area contributed by atoms with Gasteiger partial charge in [-0.15, -0.1) is 0 Å². The molecule has 0 aliphatic rings. The predicted octanol–water partition coefficient (Wildman–Crippen LogP) is 3.64. The standard InChI is InChI=1S/C11H17NOS2/c1-11(2,7-9-13-3)15-14-10-6-4-5-8-12-10/h4-6,8H,7,9H2,1-3H3. The molecule has 0 aliphatic carbocycles. The quantitative estimate of drug-likeness (QED) is 0.711. The molecule has 0 aromatic carbocycles. The number of nitrogens with zero attached hydrogens (tertiary/aromatic N) is 1. The topological polar surface area (TPSA) is 22.1 Å². The highest BCUT2D eigenvalue weighted by atomic mass is 33.1. The van der Waals surface area contributed by atoms with Gasteiger partial charge in [0.15, 0.2) is 0 Å². The van der Waals surface area contributed by atoms with Crippen molar-refractivity contribution in [2.24, 2.45) is 0 Å². The number of rotatable bonds is 6.